The van der Waals surface area contributed by atoms with E-state index in [0.29, 0.717) is 18.8 Å². The van der Waals surface area contributed by atoms with Crippen molar-refractivity contribution in [1.29, 1.82) is 0 Å². The highest BCUT2D eigenvalue weighted by atomic mass is 16.1. The molecule has 0 aromatic carbocycles. The quantitative estimate of drug-likeness (QED) is 0.930. The molecule has 1 N–H and O–H groups in total. The Labute approximate surface area is 129 Å². The minimum atomic E-state index is -0.164. The number of carbonyl (C=O) groups excluding carboxylic acids is 1. The van der Waals surface area contributed by atoms with Gasteiger partial charge in [-0.05, 0) is 57.2 Å². The first-order valence-corrected chi connectivity index (χ1v) is 7.78. The SMILES string of the molecule is Cc1cc(C)n(CCNC(=O)c2cc3c(nn2)CCCC3)n1. The second kappa shape index (κ2) is 6.25. The van der Waals surface area contributed by atoms with Gasteiger partial charge in [-0.3, -0.25) is 9.48 Å². The molecule has 0 bridgehead atoms. The number of fused-ring (bicyclic) bond motifs is 1. The van der Waals surface area contributed by atoms with Gasteiger partial charge < -0.3 is 5.32 Å². The Morgan fingerprint density at radius 1 is 1.23 bits per heavy atom. The average molecular weight is 299 g/mol. The van der Waals surface area contributed by atoms with Crippen LogP contribution in [0, 0.1) is 13.8 Å². The molecule has 0 fully saturated rings. The summed E-state index contributed by atoms with van der Waals surface area (Å²) in [5.74, 6) is -0.164. The summed E-state index contributed by atoms with van der Waals surface area (Å²) in [6, 6.07) is 3.91. The van der Waals surface area contributed by atoms with E-state index in [2.05, 4.69) is 20.6 Å². The Balaban J connectivity index is 1.59. The fraction of sp³-hybridized carbons (Fsp3) is 0.500. The molecule has 2 aromatic rings. The molecule has 6 nitrogen and oxygen atoms in total. The summed E-state index contributed by atoms with van der Waals surface area (Å²) >= 11 is 0. The zero-order valence-electron chi connectivity index (χ0n) is 13.1. The topological polar surface area (TPSA) is 72.7 Å². The fourth-order valence-corrected chi connectivity index (χ4v) is 2.87. The van der Waals surface area contributed by atoms with Gasteiger partial charge in [0.05, 0.1) is 17.9 Å². The molecule has 1 amide bonds. The summed E-state index contributed by atoms with van der Waals surface area (Å²) in [6.07, 6.45) is 4.30. The molecule has 0 unspecified atom stereocenters. The van der Waals surface area contributed by atoms with Gasteiger partial charge in [0.1, 0.15) is 0 Å². The molecule has 0 aliphatic heterocycles. The maximum Gasteiger partial charge on any atom is 0.271 e. The van der Waals surface area contributed by atoms with Crippen molar-refractivity contribution >= 4 is 5.91 Å². The van der Waals surface area contributed by atoms with Crippen molar-refractivity contribution < 1.29 is 4.79 Å². The van der Waals surface area contributed by atoms with E-state index in [1.807, 2.05) is 30.7 Å². The Hall–Kier alpha value is -2.24. The summed E-state index contributed by atoms with van der Waals surface area (Å²) in [4.78, 5) is 12.2. The molecule has 2 heterocycles. The third-order valence-corrected chi connectivity index (χ3v) is 4.01. The Morgan fingerprint density at radius 3 is 2.82 bits per heavy atom. The lowest BCUT2D eigenvalue weighted by atomic mass is 9.96. The van der Waals surface area contributed by atoms with Crippen LogP contribution in [0.25, 0.3) is 0 Å². The zero-order valence-corrected chi connectivity index (χ0v) is 13.1. The monoisotopic (exact) mass is 299 g/mol. The van der Waals surface area contributed by atoms with Crippen LogP contribution in [0.1, 0.15) is 46.0 Å². The first kappa shape index (κ1) is 14.7. The molecule has 0 atom stereocenters. The summed E-state index contributed by atoms with van der Waals surface area (Å²) in [6.45, 7) is 5.16. The Morgan fingerprint density at radius 2 is 2.05 bits per heavy atom. The number of hydrogen-bond acceptors (Lipinski definition) is 4. The van der Waals surface area contributed by atoms with Crippen molar-refractivity contribution in [3.8, 4) is 0 Å². The van der Waals surface area contributed by atoms with Crippen LogP contribution < -0.4 is 5.32 Å². The van der Waals surface area contributed by atoms with Gasteiger partial charge >= 0.3 is 0 Å². The third-order valence-electron chi connectivity index (χ3n) is 4.01. The van der Waals surface area contributed by atoms with Crippen molar-refractivity contribution in [2.24, 2.45) is 0 Å². The standard InChI is InChI=1S/C16H21N5O/c1-11-9-12(2)21(20-11)8-7-17-16(22)15-10-13-5-3-4-6-14(13)18-19-15/h9-10H,3-8H2,1-2H3,(H,17,22). The Bertz CT molecular complexity index is 692. The third kappa shape index (κ3) is 3.16. The predicted molar refractivity (Wildman–Crippen MR) is 82.7 cm³/mol. The van der Waals surface area contributed by atoms with Crippen LogP contribution in [0.4, 0.5) is 0 Å². The van der Waals surface area contributed by atoms with Crippen LogP contribution >= 0.6 is 0 Å². The number of nitrogens with one attached hydrogen (secondary N) is 1. The van der Waals surface area contributed by atoms with Crippen molar-refractivity contribution in [3.05, 3.63) is 40.5 Å². The number of nitrogens with zero attached hydrogens (tertiary/aromatic N) is 4. The maximum atomic E-state index is 12.2. The van der Waals surface area contributed by atoms with Crippen molar-refractivity contribution in [1.82, 2.24) is 25.3 Å². The fourth-order valence-electron chi connectivity index (χ4n) is 2.87. The largest absolute Gasteiger partial charge is 0.349 e. The second-order valence-corrected chi connectivity index (χ2v) is 5.81. The van der Waals surface area contributed by atoms with Gasteiger partial charge in [-0.1, -0.05) is 0 Å². The van der Waals surface area contributed by atoms with Crippen LogP contribution in [0.3, 0.4) is 0 Å². The summed E-state index contributed by atoms with van der Waals surface area (Å²) in [5, 5.41) is 15.5. The smallest absolute Gasteiger partial charge is 0.271 e. The highest BCUT2D eigenvalue weighted by Gasteiger charge is 2.15. The predicted octanol–water partition coefficient (Wildman–Crippen LogP) is 1.60. The second-order valence-electron chi connectivity index (χ2n) is 5.81. The first-order valence-electron chi connectivity index (χ1n) is 7.78. The molecular formula is C16H21N5O. The highest BCUT2D eigenvalue weighted by Crippen LogP contribution is 2.18. The molecular weight excluding hydrogens is 278 g/mol. The molecule has 0 spiro atoms. The van der Waals surface area contributed by atoms with Gasteiger partial charge in [0.2, 0.25) is 0 Å². The molecule has 22 heavy (non-hydrogen) atoms. The number of aryl methyl sites for hydroxylation is 4. The van der Waals surface area contributed by atoms with Crippen molar-refractivity contribution in [2.45, 2.75) is 46.1 Å². The Kier molecular flexibility index (Phi) is 4.18. The van der Waals surface area contributed by atoms with Gasteiger partial charge in [0, 0.05) is 12.2 Å². The number of rotatable bonds is 4. The molecule has 0 saturated heterocycles. The van der Waals surface area contributed by atoms with Crippen LogP contribution in [0.2, 0.25) is 0 Å². The molecule has 0 saturated carbocycles. The highest BCUT2D eigenvalue weighted by molar-refractivity contribution is 5.92. The van der Waals surface area contributed by atoms with Crippen LogP contribution in [-0.2, 0) is 19.4 Å². The normalized spacial score (nSPS) is 13.7. The van der Waals surface area contributed by atoms with Gasteiger partial charge in [0.25, 0.3) is 5.91 Å². The summed E-state index contributed by atoms with van der Waals surface area (Å²) in [7, 11) is 0. The van der Waals surface area contributed by atoms with Gasteiger partial charge in [-0.25, -0.2) is 0 Å². The summed E-state index contributed by atoms with van der Waals surface area (Å²) in [5.41, 5.74) is 4.72. The molecule has 1 aliphatic carbocycles. The van der Waals surface area contributed by atoms with Crippen molar-refractivity contribution in [2.75, 3.05) is 6.54 Å². The lowest BCUT2D eigenvalue weighted by Gasteiger charge is -2.14. The molecule has 1 aliphatic rings. The van der Waals surface area contributed by atoms with Gasteiger partial charge in [0.15, 0.2) is 5.69 Å². The average Bonchev–Trinajstić information content (AvgIpc) is 2.84. The van der Waals surface area contributed by atoms with E-state index in [4.69, 9.17) is 0 Å². The molecule has 6 heteroatoms. The molecule has 0 radical (unpaired) electrons. The lowest BCUT2D eigenvalue weighted by molar-refractivity contribution is 0.0945. The van der Waals surface area contributed by atoms with E-state index < -0.39 is 0 Å². The molecule has 2 aromatic heterocycles. The summed E-state index contributed by atoms with van der Waals surface area (Å²) < 4.78 is 1.90. The number of carbonyl (C=O) groups is 1. The van der Waals surface area contributed by atoms with Crippen LogP contribution in [0.5, 0.6) is 0 Å². The van der Waals surface area contributed by atoms with Crippen LogP contribution in [-0.4, -0.2) is 32.4 Å². The number of aromatic nitrogens is 4. The van der Waals surface area contributed by atoms with E-state index in [9.17, 15) is 4.79 Å². The molecule has 3 rings (SSSR count). The minimum Gasteiger partial charge on any atom is -0.349 e. The number of hydrogen-bond donors (Lipinski definition) is 1. The number of amides is 1. The minimum absolute atomic E-state index is 0.164. The van der Waals surface area contributed by atoms with Crippen molar-refractivity contribution in [3.63, 3.8) is 0 Å². The lowest BCUT2D eigenvalue weighted by Crippen LogP contribution is -2.29. The van der Waals surface area contributed by atoms with E-state index >= 15 is 0 Å². The maximum absolute atomic E-state index is 12.2. The molecule has 116 valence electrons. The van der Waals surface area contributed by atoms with E-state index in [-0.39, 0.29) is 5.91 Å². The zero-order chi connectivity index (χ0) is 15.5. The van der Waals surface area contributed by atoms with E-state index in [1.165, 1.54) is 5.56 Å². The van der Waals surface area contributed by atoms with Gasteiger partial charge in [-0.2, -0.15) is 10.2 Å². The van der Waals surface area contributed by atoms with Gasteiger partial charge in [-0.15, -0.1) is 5.10 Å². The van der Waals surface area contributed by atoms with E-state index in [0.717, 1.165) is 42.8 Å². The van der Waals surface area contributed by atoms with E-state index in [1.54, 1.807) is 0 Å². The van der Waals surface area contributed by atoms with Crippen LogP contribution in [0.15, 0.2) is 12.1 Å². The first-order chi connectivity index (χ1) is 10.6.